The molecule has 0 saturated carbocycles. The summed E-state index contributed by atoms with van der Waals surface area (Å²) in [7, 11) is -4.46. The van der Waals surface area contributed by atoms with Gasteiger partial charge in [-0.1, -0.05) is 0 Å². The summed E-state index contributed by atoms with van der Waals surface area (Å²) in [5, 5.41) is 4.12. The highest BCUT2D eigenvalue weighted by Crippen LogP contribution is 2.32. The maximum absolute atomic E-state index is 14.5. The Morgan fingerprint density at radius 3 is 2.68 bits per heavy atom. The average Bonchev–Trinajstić information content (AvgIpc) is 3.08. The molecule has 2 aliphatic heterocycles. The number of carbonyl (C=O) groups excluding carboxylic acids is 2. The Balaban J connectivity index is 1.87. The summed E-state index contributed by atoms with van der Waals surface area (Å²) in [6.45, 7) is -1.69. The highest BCUT2D eigenvalue weighted by molar-refractivity contribution is 7.89. The van der Waals surface area contributed by atoms with Crippen LogP contribution in [0.2, 0.25) is 0 Å². The number of halogens is 4. The summed E-state index contributed by atoms with van der Waals surface area (Å²) >= 11 is 0. The molecular formula is C16H17F4N3O4S. The second-order valence-electron chi connectivity index (χ2n) is 6.59. The number of aryl methyl sites for hydroxylation is 1. The van der Waals surface area contributed by atoms with Crippen LogP contribution >= 0.6 is 0 Å². The Morgan fingerprint density at radius 2 is 2.00 bits per heavy atom. The van der Waals surface area contributed by atoms with Gasteiger partial charge in [0.1, 0.15) is 23.3 Å². The van der Waals surface area contributed by atoms with Crippen molar-refractivity contribution >= 4 is 27.5 Å². The van der Waals surface area contributed by atoms with Crippen molar-refractivity contribution in [3.05, 3.63) is 23.5 Å². The molecule has 0 spiro atoms. The summed E-state index contributed by atoms with van der Waals surface area (Å²) in [4.78, 5) is 22.8. The molecule has 1 unspecified atom stereocenters. The summed E-state index contributed by atoms with van der Waals surface area (Å²) in [5.74, 6) is -2.50. The monoisotopic (exact) mass is 423 g/mol. The standard InChI is InChI=1S/C16H17F4N3O4S/c17-10-7-11-9(3-4-14(24)22-11)6-13(10)28(26,27)23-5-1-2-12(23)15(25)21-8-16(18,19)20/h6-7,12H,1-5,8H2,(H,21,25)(H,22,24). The topological polar surface area (TPSA) is 95.6 Å². The number of sulfonamides is 1. The zero-order chi connectivity index (χ0) is 20.7. The molecule has 2 heterocycles. The van der Waals surface area contributed by atoms with Crippen LogP contribution in [0.1, 0.15) is 24.8 Å². The fraction of sp³-hybridized carbons (Fsp3) is 0.500. The van der Waals surface area contributed by atoms with E-state index >= 15 is 0 Å². The van der Waals surface area contributed by atoms with E-state index < -0.39 is 45.4 Å². The van der Waals surface area contributed by atoms with Gasteiger partial charge < -0.3 is 10.6 Å². The van der Waals surface area contributed by atoms with Gasteiger partial charge in [0.05, 0.1) is 0 Å². The van der Waals surface area contributed by atoms with Crippen LogP contribution in [-0.2, 0) is 26.0 Å². The van der Waals surface area contributed by atoms with Crippen LogP contribution in [0, 0.1) is 5.82 Å². The maximum atomic E-state index is 14.5. The van der Waals surface area contributed by atoms with Gasteiger partial charge in [-0.3, -0.25) is 9.59 Å². The van der Waals surface area contributed by atoms with E-state index in [1.54, 1.807) is 5.32 Å². The highest BCUT2D eigenvalue weighted by Gasteiger charge is 2.42. The predicted octanol–water partition coefficient (Wildman–Crippen LogP) is 1.54. The number of benzene rings is 1. The number of nitrogens with zero attached hydrogens (tertiary/aromatic N) is 1. The Morgan fingerprint density at radius 1 is 1.29 bits per heavy atom. The Bertz CT molecular complexity index is 917. The van der Waals surface area contributed by atoms with Gasteiger partial charge in [0.25, 0.3) is 0 Å². The highest BCUT2D eigenvalue weighted by atomic mass is 32.2. The molecule has 12 heteroatoms. The van der Waals surface area contributed by atoms with Crippen LogP contribution in [0.5, 0.6) is 0 Å². The van der Waals surface area contributed by atoms with Crippen molar-refractivity contribution in [3.8, 4) is 0 Å². The number of hydrogen-bond acceptors (Lipinski definition) is 4. The number of nitrogens with one attached hydrogen (secondary N) is 2. The summed E-state index contributed by atoms with van der Waals surface area (Å²) < 4.78 is 78.0. The third kappa shape index (κ3) is 4.12. The van der Waals surface area contributed by atoms with E-state index in [1.165, 1.54) is 0 Å². The van der Waals surface area contributed by atoms with Crippen molar-refractivity contribution < 1.29 is 35.6 Å². The van der Waals surface area contributed by atoms with Gasteiger partial charge in [-0.05, 0) is 37.0 Å². The van der Waals surface area contributed by atoms with Crippen molar-refractivity contribution in [3.63, 3.8) is 0 Å². The molecule has 3 rings (SSSR count). The molecule has 154 valence electrons. The molecule has 1 aromatic carbocycles. The van der Waals surface area contributed by atoms with Crippen molar-refractivity contribution in [2.75, 3.05) is 18.4 Å². The molecule has 0 radical (unpaired) electrons. The number of hydrogen-bond donors (Lipinski definition) is 2. The van der Waals surface area contributed by atoms with Gasteiger partial charge in [0.15, 0.2) is 0 Å². The van der Waals surface area contributed by atoms with E-state index in [1.807, 2.05) is 0 Å². The largest absolute Gasteiger partial charge is 0.405 e. The number of rotatable bonds is 4. The first-order chi connectivity index (χ1) is 13.0. The number of fused-ring (bicyclic) bond motifs is 1. The van der Waals surface area contributed by atoms with Crippen LogP contribution < -0.4 is 10.6 Å². The lowest BCUT2D eigenvalue weighted by Gasteiger charge is -2.25. The van der Waals surface area contributed by atoms with Gasteiger partial charge in [-0.25, -0.2) is 12.8 Å². The van der Waals surface area contributed by atoms with Crippen LogP contribution in [0.4, 0.5) is 23.2 Å². The Hall–Kier alpha value is -2.21. The van der Waals surface area contributed by atoms with Crippen molar-refractivity contribution in [2.45, 2.75) is 42.8 Å². The second-order valence-corrected chi connectivity index (χ2v) is 8.45. The minimum absolute atomic E-state index is 0.0333. The first kappa shape index (κ1) is 20.5. The third-order valence-electron chi connectivity index (χ3n) is 4.61. The third-order valence-corrected chi connectivity index (χ3v) is 6.53. The number of alkyl halides is 3. The van der Waals surface area contributed by atoms with Gasteiger partial charge >= 0.3 is 6.18 Å². The maximum Gasteiger partial charge on any atom is 0.405 e. The minimum atomic E-state index is -4.63. The van der Waals surface area contributed by atoms with Crippen LogP contribution in [-0.4, -0.2) is 49.8 Å². The molecule has 2 aliphatic rings. The van der Waals surface area contributed by atoms with Crippen LogP contribution in [0.15, 0.2) is 17.0 Å². The zero-order valence-corrected chi connectivity index (χ0v) is 15.3. The van der Waals surface area contributed by atoms with E-state index in [2.05, 4.69) is 5.32 Å². The fourth-order valence-electron chi connectivity index (χ4n) is 3.30. The fourth-order valence-corrected chi connectivity index (χ4v) is 5.05. The van der Waals surface area contributed by atoms with Crippen LogP contribution in [0.3, 0.4) is 0 Å². The zero-order valence-electron chi connectivity index (χ0n) is 14.5. The molecule has 1 aromatic rings. The minimum Gasteiger partial charge on any atom is -0.346 e. The summed E-state index contributed by atoms with van der Waals surface area (Å²) in [6, 6.07) is 0.652. The number of carbonyl (C=O) groups is 2. The molecule has 2 N–H and O–H groups in total. The smallest absolute Gasteiger partial charge is 0.346 e. The van der Waals surface area contributed by atoms with Gasteiger partial charge in [0.2, 0.25) is 21.8 Å². The molecule has 0 bridgehead atoms. The number of amides is 2. The predicted molar refractivity (Wildman–Crippen MR) is 89.3 cm³/mol. The molecule has 1 saturated heterocycles. The molecule has 28 heavy (non-hydrogen) atoms. The lowest BCUT2D eigenvalue weighted by Crippen LogP contribution is -2.48. The average molecular weight is 423 g/mol. The van der Waals surface area contributed by atoms with E-state index in [0.29, 0.717) is 5.56 Å². The van der Waals surface area contributed by atoms with Gasteiger partial charge in [0, 0.05) is 18.7 Å². The lowest BCUT2D eigenvalue weighted by molar-refractivity contribution is -0.140. The normalized spacial score (nSPS) is 20.6. The molecule has 2 amide bonds. The second kappa shape index (κ2) is 7.32. The van der Waals surface area contributed by atoms with E-state index in [4.69, 9.17) is 0 Å². The molecule has 7 nitrogen and oxygen atoms in total. The summed E-state index contributed by atoms with van der Waals surface area (Å²) in [5.41, 5.74) is 0.602. The van der Waals surface area contributed by atoms with Gasteiger partial charge in [-0.2, -0.15) is 17.5 Å². The molecular weight excluding hydrogens is 406 g/mol. The molecule has 1 fully saturated rings. The van der Waals surface area contributed by atoms with E-state index in [0.717, 1.165) is 16.4 Å². The van der Waals surface area contributed by atoms with Crippen molar-refractivity contribution in [1.82, 2.24) is 9.62 Å². The number of anilines is 1. The molecule has 0 aromatic heterocycles. The van der Waals surface area contributed by atoms with E-state index in [-0.39, 0.29) is 43.8 Å². The Labute approximate surface area is 158 Å². The van der Waals surface area contributed by atoms with E-state index in [9.17, 15) is 35.6 Å². The van der Waals surface area contributed by atoms with Crippen molar-refractivity contribution in [1.29, 1.82) is 0 Å². The molecule has 1 atom stereocenters. The van der Waals surface area contributed by atoms with Crippen LogP contribution in [0.25, 0.3) is 0 Å². The summed E-state index contributed by atoms with van der Waals surface area (Å²) in [6.07, 6.45) is -4.01. The SMILES string of the molecule is O=C1CCc2cc(S(=O)(=O)N3CCCC3C(=O)NCC(F)(F)F)c(F)cc2N1. The van der Waals surface area contributed by atoms with Gasteiger partial charge in [-0.15, -0.1) is 0 Å². The molecule has 0 aliphatic carbocycles. The van der Waals surface area contributed by atoms with Crippen molar-refractivity contribution in [2.24, 2.45) is 0 Å². The Kier molecular flexibility index (Phi) is 5.36. The first-order valence-corrected chi connectivity index (χ1v) is 9.91. The lowest BCUT2D eigenvalue weighted by atomic mass is 10.0. The first-order valence-electron chi connectivity index (χ1n) is 8.47. The quantitative estimate of drug-likeness (QED) is 0.719.